The Bertz CT molecular complexity index is 224. The fourth-order valence-electron chi connectivity index (χ4n) is 0.544. The van der Waals surface area contributed by atoms with E-state index < -0.39 is 14.3 Å². The topological polar surface area (TPSA) is 17.1 Å². The molecule has 0 aliphatic heterocycles. The van der Waals surface area contributed by atoms with Gasteiger partial charge < -0.3 is 0 Å². The lowest BCUT2D eigenvalue weighted by atomic mass is 10.3. The molecular weight excluding hydrogens is 138 g/mol. The largest absolute Gasteiger partial charge is 0.366 e. The van der Waals surface area contributed by atoms with E-state index in [0.29, 0.717) is 0 Å². The minimum atomic E-state index is -0.696. The lowest BCUT2D eigenvalue weighted by molar-refractivity contribution is 0.599. The van der Waals surface area contributed by atoms with Gasteiger partial charge in [-0.25, -0.2) is 4.39 Å². The molecule has 0 saturated heterocycles. The van der Waals surface area contributed by atoms with Gasteiger partial charge in [-0.2, -0.15) is 0 Å². The molecule has 1 aromatic carbocycles. The van der Waals surface area contributed by atoms with Crippen LogP contribution in [-0.4, -0.2) is 0 Å². The maximum atomic E-state index is 12.4. The third-order valence-electron chi connectivity index (χ3n) is 0.984. The second-order valence-electron chi connectivity index (χ2n) is 1.58. The monoisotopic (exact) mass is 143 g/mol. The molecule has 9 heavy (non-hydrogen) atoms. The van der Waals surface area contributed by atoms with Crippen molar-refractivity contribution in [3.8, 4) is 0 Å². The predicted molar refractivity (Wildman–Crippen MR) is 35.0 cm³/mol. The molecule has 0 bridgehead atoms. The van der Waals surface area contributed by atoms with E-state index in [1.807, 2.05) is 0 Å². The Morgan fingerprint density at radius 2 is 2.00 bits per heavy atom. The summed E-state index contributed by atoms with van der Waals surface area (Å²) in [6, 6.07) is 6.02. The minimum Gasteiger partial charge on any atom is -0.202 e. The first-order chi connectivity index (χ1) is 4.34. The highest BCUT2D eigenvalue weighted by Crippen LogP contribution is 2.00. The number of rotatable bonds is 1. The molecule has 0 aliphatic carbocycles. The summed E-state index contributed by atoms with van der Waals surface area (Å²) in [5.41, 5.74) is 0. The fraction of sp³-hybridized carbons (Fsp3) is 0. The lowest BCUT2D eigenvalue weighted by Crippen LogP contribution is -1.95. The molecule has 1 nitrogen and oxygen atoms in total. The van der Waals surface area contributed by atoms with Gasteiger partial charge in [0.05, 0.1) is 0 Å². The number of benzene rings is 1. The van der Waals surface area contributed by atoms with Crippen molar-refractivity contribution >= 4 is 13.8 Å². The van der Waals surface area contributed by atoms with Crippen LogP contribution in [-0.2, 0) is 4.57 Å². The Hall–Kier alpha value is -0.750. The lowest BCUT2D eigenvalue weighted by Gasteiger charge is -1.81. The van der Waals surface area contributed by atoms with Crippen LogP contribution in [0.15, 0.2) is 24.3 Å². The van der Waals surface area contributed by atoms with E-state index in [9.17, 15) is 8.96 Å². The first-order valence-electron chi connectivity index (χ1n) is 2.47. The van der Waals surface area contributed by atoms with Crippen LogP contribution in [0.1, 0.15) is 0 Å². The van der Waals surface area contributed by atoms with Crippen LogP contribution >= 0.6 is 8.46 Å². The van der Waals surface area contributed by atoms with E-state index in [1.165, 1.54) is 12.1 Å². The SMILES string of the molecule is O=[PH+]c1ccccc1F. The highest BCUT2D eigenvalue weighted by atomic mass is 31.1. The summed E-state index contributed by atoms with van der Waals surface area (Å²) in [6.45, 7) is 0. The molecule has 3 heteroatoms. The van der Waals surface area contributed by atoms with Crippen molar-refractivity contribution in [3.63, 3.8) is 0 Å². The van der Waals surface area contributed by atoms with E-state index in [-0.39, 0.29) is 5.30 Å². The molecule has 0 amide bonds. The fourth-order valence-corrected chi connectivity index (χ4v) is 0.889. The standard InChI is InChI=1S/C6H4FOP/c7-5-3-1-2-4-6(5)9-8/h1-4H/p+1. The zero-order chi connectivity index (χ0) is 6.69. The van der Waals surface area contributed by atoms with Crippen molar-refractivity contribution in [1.82, 2.24) is 0 Å². The van der Waals surface area contributed by atoms with Crippen LogP contribution in [0.5, 0.6) is 0 Å². The van der Waals surface area contributed by atoms with Crippen molar-refractivity contribution in [2.45, 2.75) is 0 Å². The second kappa shape index (κ2) is 2.70. The summed E-state index contributed by atoms with van der Waals surface area (Å²) in [4.78, 5) is 0. The van der Waals surface area contributed by atoms with Crippen molar-refractivity contribution in [1.29, 1.82) is 0 Å². The first kappa shape index (κ1) is 6.37. The molecule has 0 fully saturated rings. The molecule has 1 atom stereocenters. The van der Waals surface area contributed by atoms with Gasteiger partial charge in [-0.3, -0.25) is 0 Å². The molecule has 1 unspecified atom stereocenters. The van der Waals surface area contributed by atoms with Gasteiger partial charge in [0.2, 0.25) is 5.30 Å². The first-order valence-corrected chi connectivity index (χ1v) is 3.38. The average molecular weight is 143 g/mol. The number of hydrogen-bond acceptors (Lipinski definition) is 1. The maximum Gasteiger partial charge on any atom is 0.366 e. The highest BCUT2D eigenvalue weighted by Gasteiger charge is 2.04. The van der Waals surface area contributed by atoms with Crippen LogP contribution < -0.4 is 5.30 Å². The Kier molecular flexibility index (Phi) is 1.91. The molecule has 0 aromatic heterocycles. The van der Waals surface area contributed by atoms with Gasteiger partial charge in [-0.15, -0.1) is 0 Å². The molecule has 0 N–H and O–H groups in total. The number of halogens is 1. The van der Waals surface area contributed by atoms with E-state index >= 15 is 0 Å². The van der Waals surface area contributed by atoms with E-state index in [2.05, 4.69) is 0 Å². The van der Waals surface area contributed by atoms with Gasteiger partial charge in [0, 0.05) is 0 Å². The molecule has 0 saturated carbocycles. The minimum absolute atomic E-state index is 0.262. The third-order valence-corrected chi connectivity index (χ3v) is 1.61. The van der Waals surface area contributed by atoms with Gasteiger partial charge in [0.15, 0.2) is 5.82 Å². The van der Waals surface area contributed by atoms with Gasteiger partial charge in [-0.05, 0) is 12.1 Å². The summed E-state index contributed by atoms with van der Waals surface area (Å²) < 4.78 is 22.5. The molecule has 0 spiro atoms. The second-order valence-corrected chi connectivity index (χ2v) is 2.32. The summed E-state index contributed by atoms with van der Waals surface area (Å²) in [5.74, 6) is -0.397. The zero-order valence-electron chi connectivity index (χ0n) is 4.60. The van der Waals surface area contributed by atoms with Crippen LogP contribution in [0.25, 0.3) is 0 Å². The van der Waals surface area contributed by atoms with E-state index in [1.54, 1.807) is 12.1 Å². The maximum absolute atomic E-state index is 12.4. The van der Waals surface area contributed by atoms with Crippen LogP contribution in [0, 0.1) is 5.82 Å². The molecule has 46 valence electrons. The van der Waals surface area contributed by atoms with Crippen molar-refractivity contribution in [2.24, 2.45) is 0 Å². The zero-order valence-corrected chi connectivity index (χ0v) is 5.60. The average Bonchev–Trinajstić information content (AvgIpc) is 1.89. The van der Waals surface area contributed by atoms with Crippen LogP contribution in [0.4, 0.5) is 4.39 Å². The quantitative estimate of drug-likeness (QED) is 0.544. The smallest absolute Gasteiger partial charge is 0.202 e. The highest BCUT2D eigenvalue weighted by molar-refractivity contribution is 7.34. The van der Waals surface area contributed by atoms with Crippen molar-refractivity contribution in [3.05, 3.63) is 30.1 Å². The molecule has 1 aromatic rings. The molecule has 0 aliphatic rings. The molecule has 0 radical (unpaired) electrons. The Morgan fingerprint density at radius 1 is 1.33 bits per heavy atom. The van der Waals surface area contributed by atoms with Crippen molar-refractivity contribution in [2.75, 3.05) is 0 Å². The Morgan fingerprint density at radius 3 is 2.44 bits per heavy atom. The summed E-state index contributed by atoms with van der Waals surface area (Å²) >= 11 is 0. The third kappa shape index (κ3) is 1.33. The molecule has 0 heterocycles. The summed E-state index contributed by atoms with van der Waals surface area (Å²) in [7, 11) is -0.696. The molecular formula is C6H5FOP+. The predicted octanol–water partition coefficient (Wildman–Crippen LogP) is 1.48. The van der Waals surface area contributed by atoms with Crippen molar-refractivity contribution < 1.29 is 8.96 Å². The van der Waals surface area contributed by atoms with E-state index in [4.69, 9.17) is 0 Å². The van der Waals surface area contributed by atoms with Gasteiger partial charge >= 0.3 is 8.46 Å². The Balaban J connectivity index is 3.15. The molecule has 1 rings (SSSR count). The van der Waals surface area contributed by atoms with Gasteiger partial charge in [0.25, 0.3) is 0 Å². The van der Waals surface area contributed by atoms with Gasteiger partial charge in [-0.1, -0.05) is 16.7 Å². The van der Waals surface area contributed by atoms with E-state index in [0.717, 1.165) is 0 Å². The Labute approximate surface area is 53.7 Å². The van der Waals surface area contributed by atoms with Crippen LogP contribution in [0.2, 0.25) is 0 Å². The van der Waals surface area contributed by atoms with Gasteiger partial charge in [0.1, 0.15) is 0 Å². The normalized spacial score (nSPS) is 9.89. The number of hydrogen-bond donors (Lipinski definition) is 0. The van der Waals surface area contributed by atoms with Crippen LogP contribution in [0.3, 0.4) is 0 Å². The summed E-state index contributed by atoms with van der Waals surface area (Å²) in [6.07, 6.45) is 0. The summed E-state index contributed by atoms with van der Waals surface area (Å²) in [5, 5.41) is 0.262.